The Balaban J connectivity index is 2.47. The Hall–Kier alpha value is -1.10. The third-order valence-electron chi connectivity index (χ3n) is 4.08. The van der Waals surface area contributed by atoms with Gasteiger partial charge in [-0.25, -0.2) is 0 Å². The van der Waals surface area contributed by atoms with E-state index in [2.05, 4.69) is 0 Å². The molecule has 5 heteroatoms. The number of amides is 1. The zero-order valence-corrected chi connectivity index (χ0v) is 14.1. The molecule has 22 heavy (non-hydrogen) atoms. The Morgan fingerprint density at radius 2 is 1.77 bits per heavy atom. The molecular formula is C17H31NO4. The molecule has 1 amide bonds. The van der Waals surface area contributed by atoms with E-state index < -0.39 is 0 Å². The van der Waals surface area contributed by atoms with Crippen LogP contribution >= 0.6 is 0 Å². The van der Waals surface area contributed by atoms with Crippen LogP contribution in [0.5, 0.6) is 0 Å². The van der Waals surface area contributed by atoms with Crippen molar-refractivity contribution >= 4 is 11.9 Å². The van der Waals surface area contributed by atoms with Gasteiger partial charge >= 0.3 is 5.97 Å². The first-order valence-corrected chi connectivity index (χ1v) is 8.71. The molecule has 1 saturated carbocycles. The highest BCUT2D eigenvalue weighted by molar-refractivity contribution is 5.79. The lowest BCUT2D eigenvalue weighted by molar-refractivity contribution is -0.144. The maximum atomic E-state index is 12.7. The molecule has 1 aliphatic rings. The summed E-state index contributed by atoms with van der Waals surface area (Å²) in [4.78, 5) is 26.0. The molecule has 0 spiro atoms. The van der Waals surface area contributed by atoms with E-state index >= 15 is 0 Å². The second kappa shape index (κ2) is 11.5. The van der Waals surface area contributed by atoms with E-state index in [1.54, 1.807) is 6.92 Å². The number of carbonyl (C=O) groups excluding carboxylic acids is 2. The maximum Gasteiger partial charge on any atom is 0.307 e. The average Bonchev–Trinajstić information content (AvgIpc) is 2.54. The third kappa shape index (κ3) is 7.25. The second-order valence-electron chi connectivity index (χ2n) is 5.77. The summed E-state index contributed by atoms with van der Waals surface area (Å²) in [7, 11) is 0. The summed E-state index contributed by atoms with van der Waals surface area (Å²) in [6, 6.07) is 0. The summed E-state index contributed by atoms with van der Waals surface area (Å²) in [5, 5.41) is 0. The smallest absolute Gasteiger partial charge is 0.307 e. The zero-order valence-electron chi connectivity index (χ0n) is 14.1. The predicted molar refractivity (Wildman–Crippen MR) is 85.5 cm³/mol. The van der Waals surface area contributed by atoms with Gasteiger partial charge in [0.1, 0.15) is 0 Å². The normalized spacial score (nSPS) is 15.5. The fourth-order valence-electron chi connectivity index (χ4n) is 2.90. The molecule has 0 unspecified atom stereocenters. The lowest BCUT2D eigenvalue weighted by Crippen LogP contribution is -2.39. The topological polar surface area (TPSA) is 55.8 Å². The molecule has 0 heterocycles. The molecule has 1 fully saturated rings. The molecule has 0 aromatic rings. The van der Waals surface area contributed by atoms with E-state index in [0.717, 1.165) is 32.1 Å². The van der Waals surface area contributed by atoms with Crippen molar-refractivity contribution in [3.05, 3.63) is 0 Å². The van der Waals surface area contributed by atoms with Crippen molar-refractivity contribution < 1.29 is 19.1 Å². The van der Waals surface area contributed by atoms with E-state index in [1.807, 2.05) is 11.8 Å². The predicted octanol–water partition coefficient (Wildman–Crippen LogP) is 2.78. The number of carbonyl (C=O) groups is 2. The zero-order chi connectivity index (χ0) is 16.2. The van der Waals surface area contributed by atoms with Crippen LogP contribution in [0.2, 0.25) is 0 Å². The molecule has 0 atom stereocenters. The van der Waals surface area contributed by atoms with Crippen LogP contribution in [0.4, 0.5) is 0 Å². The Morgan fingerprint density at radius 1 is 1.05 bits per heavy atom. The quantitative estimate of drug-likeness (QED) is 0.460. The fraction of sp³-hybridized carbons (Fsp3) is 0.882. The molecule has 128 valence electrons. The highest BCUT2D eigenvalue weighted by Crippen LogP contribution is 2.25. The van der Waals surface area contributed by atoms with E-state index in [4.69, 9.17) is 9.47 Å². The Morgan fingerprint density at radius 3 is 2.41 bits per heavy atom. The maximum absolute atomic E-state index is 12.7. The van der Waals surface area contributed by atoms with Crippen molar-refractivity contribution in [3.63, 3.8) is 0 Å². The summed E-state index contributed by atoms with van der Waals surface area (Å²) in [6.07, 6.45) is 6.58. The minimum absolute atomic E-state index is 0.142. The Kier molecular flexibility index (Phi) is 9.87. The van der Waals surface area contributed by atoms with Crippen LogP contribution in [0.25, 0.3) is 0 Å². The van der Waals surface area contributed by atoms with Gasteiger partial charge in [-0.15, -0.1) is 0 Å². The highest BCUT2D eigenvalue weighted by atomic mass is 16.5. The van der Waals surface area contributed by atoms with Gasteiger partial charge in [0, 0.05) is 32.2 Å². The average molecular weight is 313 g/mol. The number of hydrogen-bond acceptors (Lipinski definition) is 4. The van der Waals surface area contributed by atoms with Crippen molar-refractivity contribution in [2.75, 3.05) is 32.9 Å². The van der Waals surface area contributed by atoms with Gasteiger partial charge in [0.25, 0.3) is 0 Å². The van der Waals surface area contributed by atoms with Crippen LogP contribution in [0.15, 0.2) is 0 Å². The molecule has 0 aromatic heterocycles. The van der Waals surface area contributed by atoms with Crippen molar-refractivity contribution in [3.8, 4) is 0 Å². The first kappa shape index (κ1) is 18.9. The summed E-state index contributed by atoms with van der Waals surface area (Å²) in [5.41, 5.74) is 0. The van der Waals surface area contributed by atoms with Gasteiger partial charge in [0.2, 0.25) is 5.91 Å². The van der Waals surface area contributed by atoms with Gasteiger partial charge in [-0.2, -0.15) is 0 Å². The van der Waals surface area contributed by atoms with Gasteiger partial charge in [0.15, 0.2) is 0 Å². The number of nitrogens with zero attached hydrogens (tertiary/aromatic N) is 1. The molecule has 0 aliphatic heterocycles. The summed E-state index contributed by atoms with van der Waals surface area (Å²) in [5.74, 6) is 0.122. The molecular weight excluding hydrogens is 282 g/mol. The van der Waals surface area contributed by atoms with E-state index in [-0.39, 0.29) is 24.2 Å². The van der Waals surface area contributed by atoms with Crippen molar-refractivity contribution in [1.82, 2.24) is 4.90 Å². The van der Waals surface area contributed by atoms with Crippen LogP contribution in [0, 0.1) is 5.92 Å². The summed E-state index contributed by atoms with van der Waals surface area (Å²) >= 11 is 0. The molecule has 0 N–H and O–H groups in total. The number of hydrogen-bond donors (Lipinski definition) is 0. The van der Waals surface area contributed by atoms with E-state index in [9.17, 15) is 9.59 Å². The molecule has 5 nitrogen and oxygen atoms in total. The van der Waals surface area contributed by atoms with Crippen LogP contribution < -0.4 is 0 Å². The van der Waals surface area contributed by atoms with Gasteiger partial charge in [-0.05, 0) is 33.1 Å². The minimum Gasteiger partial charge on any atom is -0.466 e. The Bertz CT molecular complexity index is 327. The SMILES string of the molecule is CCOCCCN(CCC(=O)OCC)C(=O)C1CCCCC1. The van der Waals surface area contributed by atoms with Crippen molar-refractivity contribution in [2.24, 2.45) is 5.92 Å². The van der Waals surface area contributed by atoms with Crippen LogP contribution in [-0.2, 0) is 19.1 Å². The van der Waals surface area contributed by atoms with E-state index in [0.29, 0.717) is 32.9 Å². The van der Waals surface area contributed by atoms with Crippen molar-refractivity contribution in [2.45, 2.75) is 58.8 Å². The molecule has 0 radical (unpaired) electrons. The monoisotopic (exact) mass is 313 g/mol. The molecule has 0 saturated heterocycles. The first-order valence-electron chi connectivity index (χ1n) is 8.71. The lowest BCUT2D eigenvalue weighted by atomic mass is 9.88. The Labute approximate surface area is 134 Å². The second-order valence-corrected chi connectivity index (χ2v) is 5.77. The van der Waals surface area contributed by atoms with Crippen LogP contribution in [-0.4, -0.2) is 49.7 Å². The molecule has 0 bridgehead atoms. The van der Waals surface area contributed by atoms with Gasteiger partial charge in [-0.3, -0.25) is 9.59 Å². The van der Waals surface area contributed by atoms with Crippen LogP contribution in [0.1, 0.15) is 58.8 Å². The summed E-state index contributed by atoms with van der Waals surface area (Å²) in [6.45, 7) is 6.62. The van der Waals surface area contributed by atoms with Crippen molar-refractivity contribution in [1.29, 1.82) is 0 Å². The van der Waals surface area contributed by atoms with Gasteiger partial charge in [0.05, 0.1) is 13.0 Å². The first-order chi connectivity index (χ1) is 10.7. The number of rotatable bonds is 10. The largest absolute Gasteiger partial charge is 0.466 e. The molecule has 0 aromatic carbocycles. The standard InChI is InChI=1S/C17H31NO4/c1-3-21-14-8-12-18(13-11-16(19)22-4-2)17(20)15-9-6-5-7-10-15/h15H,3-14H2,1-2H3. The van der Waals surface area contributed by atoms with Crippen LogP contribution in [0.3, 0.4) is 0 Å². The highest BCUT2D eigenvalue weighted by Gasteiger charge is 2.26. The third-order valence-corrected chi connectivity index (χ3v) is 4.08. The van der Waals surface area contributed by atoms with Gasteiger partial charge in [-0.1, -0.05) is 19.3 Å². The van der Waals surface area contributed by atoms with Gasteiger partial charge < -0.3 is 14.4 Å². The minimum atomic E-state index is -0.228. The number of esters is 1. The fourth-order valence-corrected chi connectivity index (χ4v) is 2.90. The lowest BCUT2D eigenvalue weighted by Gasteiger charge is -2.29. The molecule has 1 rings (SSSR count). The summed E-state index contributed by atoms with van der Waals surface area (Å²) < 4.78 is 10.3. The molecule has 1 aliphatic carbocycles. The number of ether oxygens (including phenoxy) is 2. The van der Waals surface area contributed by atoms with E-state index in [1.165, 1.54) is 6.42 Å².